The zero-order valence-corrected chi connectivity index (χ0v) is 8.70. The van der Waals surface area contributed by atoms with Crippen LogP contribution in [0.3, 0.4) is 0 Å². The van der Waals surface area contributed by atoms with E-state index >= 15 is 0 Å². The first-order chi connectivity index (χ1) is 7.74. The Morgan fingerprint density at radius 2 is 2.25 bits per heavy atom. The third-order valence-corrected chi connectivity index (χ3v) is 3.01. The van der Waals surface area contributed by atoms with Crippen LogP contribution in [0, 0.1) is 0 Å². The molecule has 2 fully saturated rings. The van der Waals surface area contributed by atoms with Crippen LogP contribution in [-0.4, -0.2) is 63.2 Å². The number of hydrogen-bond acceptors (Lipinski definition) is 5. The number of carbonyl (C=O) groups excluding carboxylic acids is 1. The van der Waals surface area contributed by atoms with Crippen molar-refractivity contribution >= 4 is 5.91 Å². The van der Waals surface area contributed by atoms with Gasteiger partial charge in [-0.05, 0) is 0 Å². The molecule has 0 radical (unpaired) electrons. The van der Waals surface area contributed by atoms with Gasteiger partial charge < -0.3 is 15.3 Å². The Bertz CT molecular complexity index is 408. The lowest BCUT2D eigenvalue weighted by Gasteiger charge is -2.35. The van der Waals surface area contributed by atoms with Gasteiger partial charge in [0.2, 0.25) is 0 Å². The van der Waals surface area contributed by atoms with E-state index in [9.17, 15) is 4.79 Å². The van der Waals surface area contributed by atoms with E-state index in [0.717, 1.165) is 13.1 Å². The summed E-state index contributed by atoms with van der Waals surface area (Å²) in [6, 6.07) is 0.316. The maximum absolute atomic E-state index is 11.8. The van der Waals surface area contributed by atoms with Gasteiger partial charge in [-0.3, -0.25) is 4.79 Å². The van der Waals surface area contributed by atoms with E-state index in [2.05, 4.69) is 15.6 Å². The third kappa shape index (κ3) is 1.48. The number of aliphatic hydroxyl groups excluding tert-OH is 1. The molecule has 0 saturated carbocycles. The van der Waals surface area contributed by atoms with Gasteiger partial charge in [0.15, 0.2) is 5.69 Å². The molecule has 1 amide bonds. The molecule has 0 aliphatic carbocycles. The lowest BCUT2D eigenvalue weighted by Crippen LogP contribution is -2.53. The number of carbonyl (C=O) groups is 1. The van der Waals surface area contributed by atoms with Gasteiger partial charge in [-0.15, -0.1) is 5.10 Å². The van der Waals surface area contributed by atoms with Gasteiger partial charge in [-0.25, -0.2) is 4.68 Å². The van der Waals surface area contributed by atoms with Crippen molar-refractivity contribution < 1.29 is 9.90 Å². The van der Waals surface area contributed by atoms with Crippen LogP contribution >= 0.6 is 0 Å². The van der Waals surface area contributed by atoms with E-state index < -0.39 is 0 Å². The monoisotopic (exact) mass is 223 g/mol. The molecule has 86 valence electrons. The molecule has 3 rings (SSSR count). The SMILES string of the molecule is O=C(c1cn(C2CNC2)nn1)N1CC(O)C1. The van der Waals surface area contributed by atoms with Crippen molar-refractivity contribution in [2.24, 2.45) is 0 Å². The van der Waals surface area contributed by atoms with Gasteiger partial charge >= 0.3 is 0 Å². The van der Waals surface area contributed by atoms with Crippen molar-refractivity contribution in [3.8, 4) is 0 Å². The van der Waals surface area contributed by atoms with Crippen molar-refractivity contribution in [3.63, 3.8) is 0 Å². The summed E-state index contributed by atoms with van der Waals surface area (Å²) < 4.78 is 1.72. The van der Waals surface area contributed by atoms with Crippen LogP contribution in [0.4, 0.5) is 0 Å². The van der Waals surface area contributed by atoms with Gasteiger partial charge in [0.1, 0.15) is 0 Å². The molecule has 0 atom stereocenters. The largest absolute Gasteiger partial charge is 0.389 e. The lowest BCUT2D eigenvalue weighted by atomic mass is 10.1. The number of aromatic nitrogens is 3. The number of β-amino-alcohol motifs (C(OH)–C–C–N with tert-alkyl or cyclic N) is 1. The molecule has 0 spiro atoms. The third-order valence-electron chi connectivity index (χ3n) is 3.01. The quantitative estimate of drug-likeness (QED) is 0.620. The minimum absolute atomic E-state index is 0.149. The fraction of sp³-hybridized carbons (Fsp3) is 0.667. The maximum atomic E-state index is 11.8. The molecular weight excluding hydrogens is 210 g/mol. The molecule has 16 heavy (non-hydrogen) atoms. The number of nitrogens with zero attached hydrogens (tertiary/aromatic N) is 4. The van der Waals surface area contributed by atoms with E-state index in [0.29, 0.717) is 24.8 Å². The molecule has 1 aromatic heterocycles. The van der Waals surface area contributed by atoms with Crippen molar-refractivity contribution in [2.45, 2.75) is 12.1 Å². The Balaban J connectivity index is 1.69. The predicted octanol–water partition coefficient (Wildman–Crippen LogP) is -1.76. The Morgan fingerprint density at radius 3 is 2.81 bits per heavy atom. The number of likely N-dealkylation sites (tertiary alicyclic amines) is 1. The highest BCUT2D eigenvalue weighted by Gasteiger charge is 2.31. The Kier molecular flexibility index (Phi) is 2.15. The first-order valence-electron chi connectivity index (χ1n) is 5.34. The van der Waals surface area contributed by atoms with Crippen LogP contribution in [0.25, 0.3) is 0 Å². The summed E-state index contributed by atoms with van der Waals surface area (Å²) >= 11 is 0. The summed E-state index contributed by atoms with van der Waals surface area (Å²) in [6.45, 7) is 2.55. The minimum atomic E-state index is -0.380. The molecule has 2 saturated heterocycles. The Morgan fingerprint density at radius 1 is 1.50 bits per heavy atom. The van der Waals surface area contributed by atoms with Crippen molar-refractivity contribution in [3.05, 3.63) is 11.9 Å². The topological polar surface area (TPSA) is 83.3 Å². The molecule has 7 nitrogen and oxygen atoms in total. The highest BCUT2D eigenvalue weighted by Crippen LogP contribution is 2.14. The number of nitrogens with one attached hydrogen (secondary N) is 1. The molecule has 7 heteroatoms. The first-order valence-corrected chi connectivity index (χ1v) is 5.34. The molecule has 2 N–H and O–H groups in total. The average molecular weight is 223 g/mol. The van der Waals surface area contributed by atoms with Crippen LogP contribution in [0.5, 0.6) is 0 Å². The summed E-state index contributed by atoms with van der Waals surface area (Å²) in [7, 11) is 0. The van der Waals surface area contributed by atoms with Gasteiger partial charge in [0.05, 0.1) is 18.3 Å². The Hall–Kier alpha value is -1.47. The number of amides is 1. The molecular formula is C9H13N5O2. The molecule has 1 aromatic rings. The highest BCUT2D eigenvalue weighted by molar-refractivity contribution is 5.92. The number of aliphatic hydroxyl groups is 1. The van der Waals surface area contributed by atoms with Crippen LogP contribution in [0.1, 0.15) is 16.5 Å². The van der Waals surface area contributed by atoms with E-state index in [1.807, 2.05) is 0 Å². The van der Waals surface area contributed by atoms with Crippen molar-refractivity contribution in [1.82, 2.24) is 25.2 Å². The average Bonchev–Trinajstić information content (AvgIpc) is 2.58. The van der Waals surface area contributed by atoms with Crippen molar-refractivity contribution in [1.29, 1.82) is 0 Å². The summed E-state index contributed by atoms with van der Waals surface area (Å²) in [5, 5.41) is 20.0. The maximum Gasteiger partial charge on any atom is 0.276 e. The molecule has 2 aliphatic rings. The highest BCUT2D eigenvalue weighted by atomic mass is 16.3. The van der Waals surface area contributed by atoms with Gasteiger partial charge in [-0.2, -0.15) is 0 Å². The zero-order chi connectivity index (χ0) is 11.1. The predicted molar refractivity (Wildman–Crippen MR) is 53.8 cm³/mol. The van der Waals surface area contributed by atoms with E-state index in [4.69, 9.17) is 5.11 Å². The summed E-state index contributed by atoms with van der Waals surface area (Å²) in [4.78, 5) is 13.4. The summed E-state index contributed by atoms with van der Waals surface area (Å²) in [5.74, 6) is -0.149. The van der Waals surface area contributed by atoms with Crippen LogP contribution in [-0.2, 0) is 0 Å². The van der Waals surface area contributed by atoms with Crippen LogP contribution in [0.15, 0.2) is 6.20 Å². The smallest absolute Gasteiger partial charge is 0.276 e. The van der Waals surface area contributed by atoms with Crippen LogP contribution < -0.4 is 5.32 Å². The molecule has 2 aliphatic heterocycles. The van der Waals surface area contributed by atoms with Gasteiger partial charge in [0.25, 0.3) is 5.91 Å². The Labute approximate surface area is 92.0 Å². The fourth-order valence-electron chi connectivity index (χ4n) is 1.80. The second-order valence-corrected chi connectivity index (χ2v) is 4.26. The number of hydrogen-bond donors (Lipinski definition) is 2. The zero-order valence-electron chi connectivity index (χ0n) is 8.70. The number of rotatable bonds is 2. The fourth-order valence-corrected chi connectivity index (χ4v) is 1.80. The standard InChI is InChI=1S/C9H13N5O2/c15-7-3-13(4-7)9(16)8-5-14(12-11-8)6-1-10-2-6/h5-7,10,15H,1-4H2. The first kappa shape index (κ1) is 9.73. The summed E-state index contributed by atoms with van der Waals surface area (Å²) in [6.07, 6.45) is 1.30. The normalized spacial score (nSPS) is 21.7. The second-order valence-electron chi connectivity index (χ2n) is 4.26. The van der Waals surface area contributed by atoms with Gasteiger partial charge in [-0.1, -0.05) is 5.21 Å². The van der Waals surface area contributed by atoms with Crippen LogP contribution in [0.2, 0.25) is 0 Å². The molecule has 3 heterocycles. The molecule has 0 unspecified atom stereocenters. The van der Waals surface area contributed by atoms with Crippen molar-refractivity contribution in [2.75, 3.05) is 26.2 Å². The van der Waals surface area contributed by atoms with E-state index in [-0.39, 0.29) is 12.0 Å². The minimum Gasteiger partial charge on any atom is -0.389 e. The second kappa shape index (κ2) is 3.53. The van der Waals surface area contributed by atoms with Gasteiger partial charge in [0, 0.05) is 26.2 Å². The molecule has 0 aromatic carbocycles. The van der Waals surface area contributed by atoms with E-state index in [1.165, 1.54) is 0 Å². The lowest BCUT2D eigenvalue weighted by molar-refractivity contribution is 0.00549. The molecule has 0 bridgehead atoms. The van der Waals surface area contributed by atoms with E-state index in [1.54, 1.807) is 15.8 Å². The summed E-state index contributed by atoms with van der Waals surface area (Å²) in [5.41, 5.74) is 0.360.